The van der Waals surface area contributed by atoms with E-state index in [9.17, 15) is 9.59 Å². The number of thioether (sulfide) groups is 1. The summed E-state index contributed by atoms with van der Waals surface area (Å²) in [6.07, 6.45) is 6.05. The van der Waals surface area contributed by atoms with E-state index in [1.165, 1.54) is 33.3 Å². The van der Waals surface area contributed by atoms with Crippen LogP contribution in [0.4, 0.5) is 0 Å². The molecular formula is C25H27N3O3S2. The highest BCUT2D eigenvalue weighted by atomic mass is 32.2. The lowest BCUT2D eigenvalue weighted by atomic mass is 10.00. The lowest BCUT2D eigenvalue weighted by Crippen LogP contribution is -2.37. The van der Waals surface area contributed by atoms with Crippen LogP contribution >= 0.6 is 23.1 Å². The second kappa shape index (κ2) is 8.89. The van der Waals surface area contributed by atoms with Crippen LogP contribution < -0.4 is 5.56 Å². The lowest BCUT2D eigenvalue weighted by Gasteiger charge is -2.28. The van der Waals surface area contributed by atoms with Crippen LogP contribution in [0.5, 0.6) is 0 Å². The van der Waals surface area contributed by atoms with Crippen molar-refractivity contribution in [3.05, 3.63) is 56.2 Å². The van der Waals surface area contributed by atoms with Gasteiger partial charge in [0.1, 0.15) is 4.83 Å². The minimum Gasteiger partial charge on any atom is -0.376 e. The first-order valence-electron chi connectivity index (χ1n) is 11.8. The molecule has 3 aromatic rings. The molecule has 0 radical (unpaired) electrons. The van der Waals surface area contributed by atoms with Crippen molar-refractivity contribution in [3.8, 4) is 0 Å². The molecule has 8 heteroatoms. The fourth-order valence-corrected chi connectivity index (χ4v) is 7.46. The predicted molar refractivity (Wildman–Crippen MR) is 131 cm³/mol. The van der Waals surface area contributed by atoms with Gasteiger partial charge in [-0.15, -0.1) is 11.3 Å². The van der Waals surface area contributed by atoms with E-state index in [0.29, 0.717) is 18.2 Å². The maximum absolute atomic E-state index is 13.6. The van der Waals surface area contributed by atoms with E-state index >= 15 is 0 Å². The van der Waals surface area contributed by atoms with Crippen LogP contribution in [0.25, 0.3) is 10.2 Å². The van der Waals surface area contributed by atoms with Crippen LogP contribution in [-0.2, 0) is 41.9 Å². The van der Waals surface area contributed by atoms with E-state index in [1.54, 1.807) is 15.9 Å². The molecular weight excluding hydrogens is 454 g/mol. The van der Waals surface area contributed by atoms with E-state index in [-0.39, 0.29) is 23.3 Å². The Morgan fingerprint density at radius 1 is 1.18 bits per heavy atom. The number of benzene rings is 1. The summed E-state index contributed by atoms with van der Waals surface area (Å²) in [5, 5.41) is 1.45. The maximum Gasteiger partial charge on any atom is 0.263 e. The van der Waals surface area contributed by atoms with Crippen molar-refractivity contribution in [2.24, 2.45) is 0 Å². The highest BCUT2D eigenvalue weighted by molar-refractivity contribution is 7.99. The molecule has 3 aliphatic rings. The van der Waals surface area contributed by atoms with Crippen molar-refractivity contribution in [2.75, 3.05) is 18.9 Å². The molecule has 0 N–H and O–H groups in total. The Hall–Kier alpha value is -2.16. The van der Waals surface area contributed by atoms with Crippen molar-refractivity contribution in [1.82, 2.24) is 14.5 Å². The monoisotopic (exact) mass is 481 g/mol. The average molecular weight is 482 g/mol. The van der Waals surface area contributed by atoms with Crippen molar-refractivity contribution < 1.29 is 9.53 Å². The quantitative estimate of drug-likeness (QED) is 0.410. The molecule has 0 unspecified atom stereocenters. The summed E-state index contributed by atoms with van der Waals surface area (Å²) < 4.78 is 7.62. The molecule has 1 aliphatic carbocycles. The van der Waals surface area contributed by atoms with Gasteiger partial charge in [-0.2, -0.15) is 0 Å². The summed E-state index contributed by atoms with van der Waals surface area (Å²) in [5.74, 6) is 0.387. The molecule has 1 fully saturated rings. The summed E-state index contributed by atoms with van der Waals surface area (Å²) in [4.78, 5) is 35.7. The van der Waals surface area contributed by atoms with Gasteiger partial charge in [0, 0.05) is 24.6 Å². The van der Waals surface area contributed by atoms with E-state index < -0.39 is 0 Å². The van der Waals surface area contributed by atoms with E-state index in [0.717, 1.165) is 61.9 Å². The Balaban J connectivity index is 1.26. The second-order valence-electron chi connectivity index (χ2n) is 9.11. The molecule has 2 aromatic heterocycles. The molecule has 0 bridgehead atoms. The topological polar surface area (TPSA) is 64.4 Å². The largest absolute Gasteiger partial charge is 0.376 e. The fourth-order valence-electron chi connectivity index (χ4n) is 5.25. The van der Waals surface area contributed by atoms with Crippen LogP contribution in [0.1, 0.15) is 40.8 Å². The van der Waals surface area contributed by atoms with E-state index in [4.69, 9.17) is 9.72 Å². The van der Waals surface area contributed by atoms with E-state index in [1.807, 2.05) is 11.0 Å². The first-order chi connectivity index (χ1) is 16.2. The Morgan fingerprint density at radius 2 is 2.06 bits per heavy atom. The minimum absolute atomic E-state index is 0.0387. The molecule has 2 aliphatic heterocycles. The molecule has 1 atom stereocenters. The number of fused-ring (bicyclic) bond motifs is 4. The molecule has 6 nitrogen and oxygen atoms in total. The number of ether oxygens (including phenoxy) is 1. The number of carbonyl (C=O) groups excluding carboxylic acids is 1. The first kappa shape index (κ1) is 21.4. The minimum atomic E-state index is 0.0387. The van der Waals surface area contributed by atoms with Crippen LogP contribution in [0.2, 0.25) is 0 Å². The number of aromatic nitrogens is 2. The molecule has 0 spiro atoms. The number of aryl methyl sites for hydroxylation is 2. The van der Waals surface area contributed by atoms with Gasteiger partial charge in [-0.25, -0.2) is 4.98 Å². The number of hydrogen-bond acceptors (Lipinski definition) is 6. The maximum atomic E-state index is 13.6. The molecule has 1 amide bonds. The molecule has 0 saturated carbocycles. The number of carbonyl (C=O) groups is 1. The van der Waals surface area contributed by atoms with Gasteiger partial charge >= 0.3 is 0 Å². The van der Waals surface area contributed by atoms with Crippen LogP contribution in [0.3, 0.4) is 0 Å². The van der Waals surface area contributed by atoms with Gasteiger partial charge in [0.15, 0.2) is 5.16 Å². The zero-order valence-corrected chi connectivity index (χ0v) is 20.2. The van der Waals surface area contributed by atoms with Crippen molar-refractivity contribution in [3.63, 3.8) is 0 Å². The zero-order valence-electron chi connectivity index (χ0n) is 18.5. The smallest absolute Gasteiger partial charge is 0.263 e. The van der Waals surface area contributed by atoms with Gasteiger partial charge in [0.25, 0.3) is 5.56 Å². The Bertz CT molecular complexity index is 1280. The fraction of sp³-hybridized carbons (Fsp3) is 0.480. The van der Waals surface area contributed by atoms with Gasteiger partial charge in [-0.05, 0) is 55.2 Å². The van der Waals surface area contributed by atoms with E-state index in [2.05, 4.69) is 18.2 Å². The van der Waals surface area contributed by atoms with Gasteiger partial charge < -0.3 is 9.64 Å². The molecule has 1 aromatic carbocycles. The summed E-state index contributed by atoms with van der Waals surface area (Å²) >= 11 is 3.05. The van der Waals surface area contributed by atoms with Gasteiger partial charge in [0.05, 0.1) is 23.8 Å². The van der Waals surface area contributed by atoms with Crippen molar-refractivity contribution in [2.45, 2.75) is 62.9 Å². The molecule has 172 valence electrons. The summed E-state index contributed by atoms with van der Waals surface area (Å²) in [5.41, 5.74) is 3.80. The Labute approximate surface area is 201 Å². The third kappa shape index (κ3) is 4.02. The Morgan fingerprint density at radius 3 is 2.91 bits per heavy atom. The summed E-state index contributed by atoms with van der Waals surface area (Å²) in [6, 6.07) is 8.34. The molecule has 33 heavy (non-hydrogen) atoms. The predicted octanol–water partition coefficient (Wildman–Crippen LogP) is 3.80. The van der Waals surface area contributed by atoms with Crippen LogP contribution in [0.15, 0.2) is 34.2 Å². The summed E-state index contributed by atoms with van der Waals surface area (Å²) in [6.45, 7) is 2.66. The summed E-state index contributed by atoms with van der Waals surface area (Å²) in [7, 11) is 0. The molecule has 4 heterocycles. The third-order valence-corrected chi connectivity index (χ3v) is 9.15. The zero-order chi connectivity index (χ0) is 22.4. The number of rotatable bonds is 5. The average Bonchev–Trinajstić information content (AvgIpc) is 3.57. The molecule has 1 saturated heterocycles. The van der Waals surface area contributed by atoms with Crippen LogP contribution in [-0.4, -0.2) is 45.4 Å². The first-order valence-corrected chi connectivity index (χ1v) is 13.6. The third-order valence-electron chi connectivity index (χ3n) is 7.01. The highest BCUT2D eigenvalue weighted by Gasteiger charge is 2.27. The number of nitrogens with zero attached hydrogens (tertiary/aromatic N) is 3. The van der Waals surface area contributed by atoms with Gasteiger partial charge in [0.2, 0.25) is 5.91 Å². The van der Waals surface area contributed by atoms with Crippen LogP contribution in [0, 0.1) is 0 Å². The normalized spacial score (nSPS) is 19.8. The lowest BCUT2D eigenvalue weighted by molar-refractivity contribution is -0.129. The number of hydrogen-bond donors (Lipinski definition) is 0. The number of thiophene rings is 1. The van der Waals surface area contributed by atoms with Gasteiger partial charge in [-0.1, -0.05) is 36.0 Å². The number of amides is 1. The van der Waals surface area contributed by atoms with Crippen molar-refractivity contribution in [1.29, 1.82) is 0 Å². The molecule has 6 rings (SSSR count). The standard InChI is InChI=1S/C25H27N3O3S2/c29-21(27-11-10-16-5-1-2-6-17(16)13-27)15-32-25-26-23-22(19-8-3-9-20(19)33-23)24(30)28(25)14-18-7-4-12-31-18/h1-2,5-6,18H,3-4,7-15H2/t18-/m0/s1. The van der Waals surface area contributed by atoms with Gasteiger partial charge in [-0.3, -0.25) is 14.2 Å². The van der Waals surface area contributed by atoms with Crippen molar-refractivity contribution >= 4 is 39.2 Å². The Kier molecular flexibility index (Phi) is 5.76. The highest BCUT2D eigenvalue weighted by Crippen LogP contribution is 2.36. The SMILES string of the molecule is O=C(CSc1nc2sc3c(c2c(=O)n1C[C@@H]1CCCO1)CCC3)N1CCc2ccccc2C1. The second-order valence-corrected chi connectivity index (χ2v) is 11.1.